The molecule has 0 aliphatic carbocycles. The van der Waals surface area contributed by atoms with Gasteiger partial charge in [-0.05, 0) is 35.0 Å². The van der Waals surface area contributed by atoms with Gasteiger partial charge in [0.2, 0.25) is 11.8 Å². The lowest BCUT2D eigenvalue weighted by atomic mass is 9.56. The Morgan fingerprint density at radius 3 is 2.51 bits per heavy atom. The van der Waals surface area contributed by atoms with Crippen LogP contribution in [0.2, 0.25) is 0 Å². The molecule has 10 heteroatoms. The average molecular weight is 473 g/mol. The van der Waals surface area contributed by atoms with Gasteiger partial charge in [0, 0.05) is 30.6 Å². The van der Waals surface area contributed by atoms with Gasteiger partial charge >= 0.3 is 0 Å². The Bertz CT molecular complexity index is 1150. The first kappa shape index (κ1) is 23.6. The summed E-state index contributed by atoms with van der Waals surface area (Å²) in [6, 6.07) is 13.3. The molecule has 0 radical (unpaired) electrons. The van der Waals surface area contributed by atoms with Gasteiger partial charge in [-0.25, -0.2) is 0 Å². The van der Waals surface area contributed by atoms with E-state index in [9.17, 15) is 14.4 Å². The molecule has 35 heavy (non-hydrogen) atoms. The van der Waals surface area contributed by atoms with Gasteiger partial charge in [0.25, 0.3) is 5.91 Å². The van der Waals surface area contributed by atoms with E-state index in [-0.39, 0.29) is 23.6 Å². The van der Waals surface area contributed by atoms with E-state index in [4.69, 9.17) is 9.47 Å². The van der Waals surface area contributed by atoms with Crippen molar-refractivity contribution in [2.75, 3.05) is 26.3 Å². The van der Waals surface area contributed by atoms with Gasteiger partial charge in [-0.15, -0.1) is 0 Å². The zero-order valence-electron chi connectivity index (χ0n) is 20.2. The van der Waals surface area contributed by atoms with Crippen LogP contribution in [0.15, 0.2) is 42.5 Å². The number of nitrogens with zero attached hydrogens (tertiary/aromatic N) is 2. The number of hydrogen-bond acceptors (Lipinski definition) is 6. The quantitative estimate of drug-likeness (QED) is 0.460. The normalized spacial score (nSPS) is 21.1. The molecule has 1 unspecified atom stereocenters. The monoisotopic (exact) mass is 473 g/mol. The molecule has 2 aromatic carbocycles. The highest BCUT2D eigenvalue weighted by Crippen LogP contribution is 2.34. The van der Waals surface area contributed by atoms with Crippen LogP contribution in [0, 0.1) is 0 Å². The molecule has 0 saturated carbocycles. The van der Waals surface area contributed by atoms with E-state index >= 15 is 0 Å². The van der Waals surface area contributed by atoms with Crippen molar-refractivity contribution < 1.29 is 23.9 Å². The van der Waals surface area contributed by atoms with Crippen LogP contribution in [0.1, 0.15) is 39.9 Å². The summed E-state index contributed by atoms with van der Waals surface area (Å²) in [7, 11) is 4.48. The molecule has 3 amide bonds. The second-order valence-electron chi connectivity index (χ2n) is 9.83. The Morgan fingerprint density at radius 1 is 1.06 bits per heavy atom. The van der Waals surface area contributed by atoms with E-state index in [2.05, 4.69) is 50.2 Å². The predicted octanol–water partition coefficient (Wildman–Crippen LogP) is -0.265. The van der Waals surface area contributed by atoms with Crippen molar-refractivity contribution in [2.24, 2.45) is 0 Å². The van der Waals surface area contributed by atoms with Gasteiger partial charge in [0.1, 0.15) is 34.1 Å². The van der Waals surface area contributed by atoms with Crippen LogP contribution in [0.25, 0.3) is 0 Å². The van der Waals surface area contributed by atoms with Crippen molar-refractivity contribution in [3.8, 4) is 5.75 Å². The lowest BCUT2D eigenvalue weighted by molar-refractivity contribution is -0.136. The lowest BCUT2D eigenvalue weighted by Crippen LogP contribution is -2.52. The fraction of sp³-hybridized carbons (Fsp3) is 0.400. The summed E-state index contributed by atoms with van der Waals surface area (Å²) in [6.07, 6.45) is 0.575. The smallest absolute Gasteiger partial charge is 0.255 e. The van der Waals surface area contributed by atoms with Crippen molar-refractivity contribution in [2.45, 2.75) is 37.4 Å². The Kier molecular flexibility index (Phi) is 6.42. The lowest BCUT2D eigenvalue weighted by Gasteiger charge is -2.41. The molecule has 2 saturated heterocycles. The number of carbonyl (C=O) groups excluding carboxylic acids is 3. The maximum atomic E-state index is 13.0. The summed E-state index contributed by atoms with van der Waals surface area (Å²) in [4.78, 5) is 40.8. The van der Waals surface area contributed by atoms with Gasteiger partial charge in [-0.2, -0.15) is 0 Å². The fourth-order valence-corrected chi connectivity index (χ4v) is 5.17. The number of carbonyl (C=O) groups is 3. The van der Waals surface area contributed by atoms with E-state index in [0.717, 1.165) is 37.4 Å². The van der Waals surface area contributed by atoms with Crippen molar-refractivity contribution in [1.29, 1.82) is 0 Å². The fourth-order valence-electron chi connectivity index (χ4n) is 5.17. The Morgan fingerprint density at radius 2 is 1.80 bits per heavy atom. The van der Waals surface area contributed by atoms with Crippen molar-refractivity contribution >= 4 is 33.4 Å². The third-order valence-electron chi connectivity index (χ3n) is 7.40. The standard InChI is InChI=1S/C25H29B2N3O5/c26-25(27,29-10-12-34-13-11-29)17-6-4-16(5-7-17)15-35-21-3-1-2-18-19(21)14-30(24(18)33)20-8-9-22(31)28-23(20)32/h1-7,20H,8-15,26-27H2,(H,28,31,32). The highest BCUT2D eigenvalue weighted by molar-refractivity contribution is 6.39. The molecule has 0 aromatic heterocycles. The highest BCUT2D eigenvalue weighted by atomic mass is 16.5. The number of morpholine rings is 1. The van der Waals surface area contributed by atoms with Crippen molar-refractivity contribution in [3.05, 3.63) is 64.7 Å². The molecule has 0 bridgehead atoms. The van der Waals surface area contributed by atoms with E-state index in [1.54, 1.807) is 17.0 Å². The van der Waals surface area contributed by atoms with Crippen molar-refractivity contribution in [3.63, 3.8) is 0 Å². The number of amides is 3. The minimum Gasteiger partial charge on any atom is -0.489 e. The number of nitrogens with one attached hydrogen (secondary N) is 1. The Balaban J connectivity index is 1.26. The molecule has 1 N–H and O–H groups in total. The minimum absolute atomic E-state index is 0.0801. The number of hydrogen-bond donors (Lipinski definition) is 1. The molecule has 2 fully saturated rings. The molecule has 8 nitrogen and oxygen atoms in total. The zero-order valence-corrected chi connectivity index (χ0v) is 20.2. The van der Waals surface area contributed by atoms with Crippen LogP contribution in [0.5, 0.6) is 5.75 Å². The van der Waals surface area contributed by atoms with E-state index in [1.807, 2.05) is 6.07 Å². The molecule has 2 aromatic rings. The molecule has 3 aliphatic rings. The largest absolute Gasteiger partial charge is 0.489 e. The van der Waals surface area contributed by atoms with Gasteiger partial charge in [-0.3, -0.25) is 19.7 Å². The van der Waals surface area contributed by atoms with Gasteiger partial charge in [0.15, 0.2) is 0 Å². The van der Waals surface area contributed by atoms with E-state index in [1.165, 1.54) is 5.56 Å². The van der Waals surface area contributed by atoms with Gasteiger partial charge in [-0.1, -0.05) is 30.3 Å². The number of imide groups is 1. The minimum atomic E-state index is -0.636. The van der Waals surface area contributed by atoms with Crippen LogP contribution < -0.4 is 10.1 Å². The Hall–Kier alpha value is -3.10. The maximum Gasteiger partial charge on any atom is 0.255 e. The second kappa shape index (κ2) is 9.51. The third-order valence-corrected chi connectivity index (χ3v) is 7.40. The van der Waals surface area contributed by atoms with E-state index in [0.29, 0.717) is 30.9 Å². The molecule has 0 spiro atoms. The first-order valence-corrected chi connectivity index (χ1v) is 12.2. The van der Waals surface area contributed by atoms with Crippen LogP contribution in [-0.2, 0) is 32.8 Å². The summed E-state index contributed by atoms with van der Waals surface area (Å²) in [6.45, 7) is 4.04. The summed E-state index contributed by atoms with van der Waals surface area (Å²) in [5.74, 6) is -0.262. The number of piperidine rings is 1. The number of fused-ring (bicyclic) bond motifs is 1. The molecular weight excluding hydrogens is 444 g/mol. The van der Waals surface area contributed by atoms with Crippen LogP contribution in [0.3, 0.4) is 0 Å². The van der Waals surface area contributed by atoms with Crippen LogP contribution in [-0.4, -0.2) is 75.6 Å². The zero-order chi connectivity index (χ0) is 24.6. The first-order valence-electron chi connectivity index (χ1n) is 12.2. The average Bonchev–Trinajstić information content (AvgIpc) is 3.20. The van der Waals surface area contributed by atoms with Crippen LogP contribution in [0.4, 0.5) is 0 Å². The summed E-state index contributed by atoms with van der Waals surface area (Å²) >= 11 is 0. The summed E-state index contributed by atoms with van der Waals surface area (Å²) in [5, 5.41) is 2.26. The number of ether oxygens (including phenoxy) is 2. The SMILES string of the molecule is BC(B)(c1ccc(COc2cccc3c2CN(C2CCC(=O)NC2=O)C3=O)cc1)N1CCOCC1. The summed E-state index contributed by atoms with van der Waals surface area (Å²) in [5.41, 5.74) is 3.62. The third kappa shape index (κ3) is 4.60. The maximum absolute atomic E-state index is 13.0. The molecule has 3 heterocycles. The molecule has 180 valence electrons. The van der Waals surface area contributed by atoms with Crippen LogP contribution >= 0.6 is 0 Å². The molecular formula is C25H29B2N3O5. The number of rotatable bonds is 6. The highest BCUT2D eigenvalue weighted by Gasteiger charge is 2.40. The van der Waals surface area contributed by atoms with Gasteiger partial charge < -0.3 is 19.3 Å². The summed E-state index contributed by atoms with van der Waals surface area (Å²) < 4.78 is 11.6. The van der Waals surface area contributed by atoms with Crippen molar-refractivity contribution in [1.82, 2.24) is 15.1 Å². The Labute approximate surface area is 206 Å². The molecule has 1 atom stereocenters. The molecule has 3 aliphatic heterocycles. The number of benzene rings is 2. The van der Waals surface area contributed by atoms with Gasteiger partial charge in [0.05, 0.1) is 19.8 Å². The van der Waals surface area contributed by atoms with E-state index < -0.39 is 11.9 Å². The first-order chi connectivity index (χ1) is 16.8. The second-order valence-corrected chi connectivity index (χ2v) is 9.83. The molecule has 5 rings (SSSR count). The predicted molar refractivity (Wildman–Crippen MR) is 134 cm³/mol. The topological polar surface area (TPSA) is 88.2 Å².